The summed E-state index contributed by atoms with van der Waals surface area (Å²) in [7, 11) is 0. The molecule has 1 aliphatic rings. The number of nitrogens with one attached hydrogen (secondary N) is 1. The van der Waals surface area contributed by atoms with Crippen molar-refractivity contribution in [2.75, 3.05) is 5.75 Å². The maximum atomic E-state index is 12.0. The molecule has 1 rings (SSSR count). The Labute approximate surface area is 106 Å². The van der Waals surface area contributed by atoms with Gasteiger partial charge in [-0.3, -0.25) is 4.90 Å². The third kappa shape index (κ3) is 3.28. The highest BCUT2D eigenvalue weighted by Gasteiger charge is 2.39. The summed E-state index contributed by atoms with van der Waals surface area (Å²) in [5, 5.41) is 11.8. The van der Waals surface area contributed by atoms with Crippen LogP contribution in [0.5, 0.6) is 0 Å². The minimum Gasteiger partial charge on any atom is -0.480 e. The first kappa shape index (κ1) is 14.2. The number of aliphatic carboxylic acids is 1. The van der Waals surface area contributed by atoms with Gasteiger partial charge in [-0.25, -0.2) is 9.59 Å². The van der Waals surface area contributed by atoms with Crippen LogP contribution >= 0.6 is 11.8 Å². The molecule has 0 aromatic carbocycles. The Balaban J connectivity index is 2.69. The van der Waals surface area contributed by atoms with Crippen molar-refractivity contribution < 1.29 is 14.7 Å². The summed E-state index contributed by atoms with van der Waals surface area (Å²) in [6.45, 7) is 7.81. The van der Waals surface area contributed by atoms with Crippen molar-refractivity contribution >= 4 is 23.8 Å². The quantitative estimate of drug-likeness (QED) is 0.808. The first-order valence-corrected chi connectivity index (χ1v) is 6.82. The fraction of sp³-hybridized carbons (Fsp3) is 0.818. The Hall–Kier alpha value is -0.910. The van der Waals surface area contributed by atoms with E-state index in [9.17, 15) is 9.59 Å². The number of urea groups is 1. The van der Waals surface area contributed by atoms with Crippen LogP contribution in [-0.4, -0.2) is 45.2 Å². The lowest BCUT2D eigenvalue weighted by Gasteiger charge is -2.28. The van der Waals surface area contributed by atoms with Gasteiger partial charge in [0.15, 0.2) is 0 Å². The highest BCUT2D eigenvalue weighted by Crippen LogP contribution is 2.28. The van der Waals surface area contributed by atoms with Crippen LogP contribution in [0.4, 0.5) is 4.79 Å². The summed E-state index contributed by atoms with van der Waals surface area (Å²) < 4.78 is 0. The first-order valence-electron chi connectivity index (χ1n) is 5.77. The predicted octanol–water partition coefficient (Wildman–Crippen LogP) is 1.59. The van der Waals surface area contributed by atoms with Crippen LogP contribution in [0.2, 0.25) is 0 Å². The molecule has 3 atom stereocenters. The third-order valence-electron chi connectivity index (χ3n) is 3.09. The zero-order valence-corrected chi connectivity index (χ0v) is 11.5. The van der Waals surface area contributed by atoms with Crippen LogP contribution in [0.25, 0.3) is 0 Å². The Kier molecular flexibility index (Phi) is 4.68. The Morgan fingerprint density at radius 1 is 1.41 bits per heavy atom. The van der Waals surface area contributed by atoms with Crippen LogP contribution in [-0.2, 0) is 4.79 Å². The average Bonchev–Trinajstić information content (AvgIpc) is 2.59. The summed E-state index contributed by atoms with van der Waals surface area (Å²) in [5.74, 6) is -0.151. The molecule has 0 spiro atoms. The SMILES string of the molecule is CC(C)C(C)NC(=O)N1C(C)SCC1C(=O)O. The van der Waals surface area contributed by atoms with Gasteiger partial charge in [-0.1, -0.05) is 13.8 Å². The molecule has 0 saturated carbocycles. The van der Waals surface area contributed by atoms with E-state index in [2.05, 4.69) is 5.32 Å². The number of carbonyl (C=O) groups is 2. The maximum Gasteiger partial charge on any atom is 0.327 e. The largest absolute Gasteiger partial charge is 0.480 e. The zero-order chi connectivity index (χ0) is 13.2. The lowest BCUT2D eigenvalue weighted by atomic mass is 10.1. The number of hydrogen-bond acceptors (Lipinski definition) is 3. The molecule has 0 aliphatic carbocycles. The molecular weight excluding hydrogens is 240 g/mol. The highest BCUT2D eigenvalue weighted by atomic mass is 32.2. The standard InChI is InChI=1S/C11H20N2O3S/c1-6(2)7(3)12-11(16)13-8(4)17-5-9(13)10(14)15/h6-9H,5H2,1-4H3,(H,12,16)(H,14,15). The van der Waals surface area contributed by atoms with Gasteiger partial charge in [-0.2, -0.15) is 0 Å². The fourth-order valence-corrected chi connectivity index (χ4v) is 2.74. The van der Waals surface area contributed by atoms with Crippen LogP contribution in [0.3, 0.4) is 0 Å². The molecular formula is C11H20N2O3S. The summed E-state index contributed by atoms with van der Waals surface area (Å²) in [4.78, 5) is 24.5. The van der Waals surface area contributed by atoms with Gasteiger partial charge in [0, 0.05) is 11.8 Å². The van der Waals surface area contributed by atoms with Crippen molar-refractivity contribution in [1.82, 2.24) is 10.2 Å². The van der Waals surface area contributed by atoms with Gasteiger partial charge >= 0.3 is 12.0 Å². The van der Waals surface area contributed by atoms with Crippen LogP contribution < -0.4 is 5.32 Å². The lowest BCUT2D eigenvalue weighted by Crippen LogP contribution is -2.52. The van der Waals surface area contributed by atoms with E-state index in [1.54, 1.807) is 0 Å². The minimum atomic E-state index is -0.936. The second kappa shape index (κ2) is 5.62. The normalized spacial score (nSPS) is 26.1. The molecule has 98 valence electrons. The Morgan fingerprint density at radius 3 is 2.47 bits per heavy atom. The van der Waals surface area contributed by atoms with Gasteiger partial charge < -0.3 is 10.4 Å². The van der Waals surface area contributed by atoms with Crippen molar-refractivity contribution in [2.24, 2.45) is 5.92 Å². The smallest absolute Gasteiger partial charge is 0.327 e. The number of nitrogens with zero attached hydrogens (tertiary/aromatic N) is 1. The second-order valence-corrected chi connectivity index (χ2v) is 6.03. The van der Waals surface area contributed by atoms with Gasteiger partial charge in [-0.05, 0) is 19.8 Å². The zero-order valence-electron chi connectivity index (χ0n) is 10.6. The van der Waals surface area contributed by atoms with Crippen LogP contribution in [0.1, 0.15) is 27.7 Å². The van der Waals surface area contributed by atoms with Crippen molar-refractivity contribution in [3.05, 3.63) is 0 Å². The number of rotatable bonds is 3. The van der Waals surface area contributed by atoms with Crippen LogP contribution in [0.15, 0.2) is 0 Å². The molecule has 0 bridgehead atoms. The number of hydrogen-bond donors (Lipinski definition) is 2. The molecule has 0 aromatic heterocycles. The van der Waals surface area contributed by atoms with E-state index in [1.165, 1.54) is 16.7 Å². The average molecular weight is 260 g/mol. The summed E-state index contributed by atoms with van der Waals surface area (Å²) in [6.07, 6.45) is 0. The molecule has 0 radical (unpaired) electrons. The molecule has 1 aliphatic heterocycles. The lowest BCUT2D eigenvalue weighted by molar-refractivity contribution is -0.141. The molecule has 6 heteroatoms. The van der Waals surface area contributed by atoms with E-state index in [-0.39, 0.29) is 17.4 Å². The monoisotopic (exact) mass is 260 g/mol. The minimum absolute atomic E-state index is 0.0368. The number of carboxylic acids is 1. The van der Waals surface area contributed by atoms with Gasteiger partial charge in [-0.15, -0.1) is 11.8 Å². The second-order valence-electron chi connectivity index (χ2n) is 4.68. The molecule has 1 heterocycles. The van der Waals surface area contributed by atoms with E-state index in [0.717, 1.165) is 0 Å². The van der Waals surface area contributed by atoms with E-state index in [1.807, 2.05) is 27.7 Å². The number of carbonyl (C=O) groups excluding carboxylic acids is 1. The van der Waals surface area contributed by atoms with Crippen molar-refractivity contribution in [2.45, 2.75) is 45.2 Å². The molecule has 5 nitrogen and oxygen atoms in total. The van der Waals surface area contributed by atoms with E-state index in [4.69, 9.17) is 5.11 Å². The Bertz CT molecular complexity index is 309. The highest BCUT2D eigenvalue weighted by molar-refractivity contribution is 8.00. The van der Waals surface area contributed by atoms with Gasteiger partial charge in [0.2, 0.25) is 0 Å². The predicted molar refractivity (Wildman–Crippen MR) is 68.0 cm³/mol. The van der Waals surface area contributed by atoms with Crippen molar-refractivity contribution in [3.63, 3.8) is 0 Å². The first-order chi connectivity index (χ1) is 7.84. The number of thioether (sulfide) groups is 1. The summed E-state index contributed by atoms with van der Waals surface area (Å²) in [6, 6.07) is -0.958. The molecule has 3 unspecified atom stereocenters. The van der Waals surface area contributed by atoms with Crippen molar-refractivity contribution in [3.8, 4) is 0 Å². The Morgan fingerprint density at radius 2 is 2.00 bits per heavy atom. The number of amides is 2. The molecule has 2 amide bonds. The summed E-state index contributed by atoms with van der Waals surface area (Å²) in [5.41, 5.74) is 0. The molecule has 1 saturated heterocycles. The third-order valence-corrected chi connectivity index (χ3v) is 4.31. The molecule has 1 fully saturated rings. The van der Waals surface area contributed by atoms with Gasteiger partial charge in [0.1, 0.15) is 6.04 Å². The molecule has 2 N–H and O–H groups in total. The van der Waals surface area contributed by atoms with Crippen LogP contribution in [0, 0.1) is 5.92 Å². The molecule has 17 heavy (non-hydrogen) atoms. The van der Waals surface area contributed by atoms with E-state index in [0.29, 0.717) is 11.7 Å². The topological polar surface area (TPSA) is 69.6 Å². The fourth-order valence-electron chi connectivity index (χ4n) is 1.58. The summed E-state index contributed by atoms with van der Waals surface area (Å²) >= 11 is 1.49. The van der Waals surface area contributed by atoms with E-state index >= 15 is 0 Å². The van der Waals surface area contributed by atoms with Gasteiger partial charge in [0.05, 0.1) is 5.37 Å². The van der Waals surface area contributed by atoms with Crippen molar-refractivity contribution in [1.29, 1.82) is 0 Å². The molecule has 0 aromatic rings. The van der Waals surface area contributed by atoms with Gasteiger partial charge in [0.25, 0.3) is 0 Å². The maximum absolute atomic E-state index is 12.0. The van der Waals surface area contributed by atoms with E-state index < -0.39 is 12.0 Å². The number of carboxylic acid groups (broad SMARTS) is 1.